The van der Waals surface area contributed by atoms with E-state index >= 15 is 0 Å². The van der Waals surface area contributed by atoms with Crippen molar-refractivity contribution in [2.45, 2.75) is 88.1 Å². The number of rotatable bonds is 15. The number of aromatic nitrogens is 2. The van der Waals surface area contributed by atoms with E-state index in [0.717, 1.165) is 72.7 Å². The zero-order chi connectivity index (χ0) is 56.2. The van der Waals surface area contributed by atoms with Gasteiger partial charge in [-0.2, -0.15) is 0 Å². The highest BCUT2D eigenvalue weighted by Crippen LogP contribution is 2.42. The number of nitrogens with one attached hydrogen (secondary N) is 4. The van der Waals surface area contributed by atoms with Crippen molar-refractivity contribution in [1.29, 1.82) is 0 Å². The van der Waals surface area contributed by atoms with Crippen molar-refractivity contribution < 1.29 is 43.0 Å². The topological polar surface area (TPSA) is 225 Å². The first kappa shape index (κ1) is 55.7. The Labute approximate surface area is 479 Å². The first-order chi connectivity index (χ1) is 39.3. The molecule has 6 aliphatic rings. The number of anilines is 2. The summed E-state index contributed by atoms with van der Waals surface area (Å²) in [7, 11) is 1.57. The Bertz CT molecular complexity index is 3180. The minimum absolute atomic E-state index is 0.0421. The number of likely N-dealkylation sites (N-methyl/N-ethyl adjacent to an activating group) is 1. The summed E-state index contributed by atoms with van der Waals surface area (Å²) in [5.74, 6) is 0.0387. The number of piperidine rings is 3. The van der Waals surface area contributed by atoms with Gasteiger partial charge in [-0.25, -0.2) is 9.97 Å². The number of piperazine rings is 1. The molecule has 5 fully saturated rings. The smallest absolute Gasteiger partial charge is 0.264 e. The lowest BCUT2D eigenvalue weighted by Crippen LogP contribution is -2.58. The monoisotopic (exact) mass is 1140 g/mol. The van der Waals surface area contributed by atoms with Crippen molar-refractivity contribution in [3.8, 4) is 22.1 Å². The highest BCUT2D eigenvalue weighted by molar-refractivity contribution is 7.22. The minimum Gasteiger partial charge on any atom is -0.492 e. The van der Waals surface area contributed by atoms with E-state index < -0.39 is 11.5 Å². The van der Waals surface area contributed by atoms with Crippen LogP contribution < -0.4 is 35.6 Å². The molecule has 0 bridgehead atoms. The number of hydrogen-bond acceptors (Lipinski definition) is 14. The van der Waals surface area contributed by atoms with Gasteiger partial charge in [0.1, 0.15) is 28.9 Å². The summed E-state index contributed by atoms with van der Waals surface area (Å²) in [6, 6.07) is 22.3. The third-order valence-corrected chi connectivity index (χ3v) is 18.9. The highest BCUT2D eigenvalue weighted by atomic mass is 35.5. The number of nitrogens with zero attached hydrogens (tertiary/aromatic N) is 6. The molecule has 1 unspecified atom stereocenters. The van der Waals surface area contributed by atoms with E-state index in [4.69, 9.17) is 26.1 Å². The van der Waals surface area contributed by atoms with Crippen LogP contribution in [0.5, 0.6) is 11.5 Å². The number of benzene rings is 3. The Morgan fingerprint density at radius 2 is 1.54 bits per heavy atom. The molecule has 0 spiro atoms. The normalized spacial score (nSPS) is 22.5. The fraction of sp³-hybridized carbons (Fsp3) is 0.483. The fourth-order valence-corrected chi connectivity index (χ4v) is 13.9. The molecule has 3 aromatic carbocycles. The molecule has 11 rings (SSSR count). The number of carbonyl (C=O) groups is 7. The maximum atomic E-state index is 14.4. The van der Waals surface area contributed by atoms with Crippen molar-refractivity contribution >= 4 is 86.0 Å². The standard InChI is InChI=1S/C60H69ClN10O9S/c1-62-59(78)60(80-49-8-3-2-5-43(49)56-66-48-7-4-6-46(61)53(48)81-56)21-26-70(27-22-60)58(77)45-34-52(73)65-47-16-14-41(33-44(45)47)79-32-23-63-54(74)38-9-11-39(12-10-38)57(76)71-30-28-68(29-31-71)36-37-19-24-69(25-20-37)50-17-13-40(35-64-50)42-15-18-51(72)67-55(42)75/h2-8,13-14,16-17,33,35,37-39,42,45H,9-12,15,18-32,34,36H2,1H3,(H,62,78)(H,63,74)(H,65,73)(H,67,72,75)/t38?,39?,42?,45-/m0/s1. The van der Waals surface area contributed by atoms with E-state index in [9.17, 15) is 33.6 Å². The molecule has 5 aliphatic heterocycles. The number of pyridine rings is 1. The molecule has 81 heavy (non-hydrogen) atoms. The van der Waals surface area contributed by atoms with Crippen LogP contribution in [0.3, 0.4) is 0 Å². The molecular weight excluding hydrogens is 1070 g/mol. The van der Waals surface area contributed by atoms with E-state index in [-0.39, 0.29) is 105 Å². The molecule has 1 aliphatic carbocycles. The molecule has 7 heterocycles. The number of fused-ring (bicyclic) bond motifs is 2. The number of amides is 7. The lowest BCUT2D eigenvalue weighted by Gasteiger charge is -2.42. The molecule has 4 saturated heterocycles. The van der Waals surface area contributed by atoms with Crippen LogP contribution in [0.1, 0.15) is 93.6 Å². The lowest BCUT2D eigenvalue weighted by molar-refractivity contribution is -0.147. The molecule has 4 N–H and O–H groups in total. The number of thiazole rings is 1. The van der Waals surface area contributed by atoms with Crippen LogP contribution >= 0.6 is 22.9 Å². The molecule has 19 nitrogen and oxygen atoms in total. The number of carbonyl (C=O) groups excluding carboxylic acids is 7. The summed E-state index contributed by atoms with van der Waals surface area (Å²) in [5, 5.41) is 12.5. The molecule has 5 aromatic rings. The second-order valence-corrected chi connectivity index (χ2v) is 23.8. The van der Waals surface area contributed by atoms with Gasteiger partial charge < -0.3 is 40.1 Å². The highest BCUT2D eigenvalue weighted by Gasteiger charge is 2.46. The molecule has 7 amide bonds. The first-order valence-electron chi connectivity index (χ1n) is 28.6. The Morgan fingerprint density at radius 3 is 2.27 bits per heavy atom. The Hall–Kier alpha value is -7.16. The third kappa shape index (κ3) is 12.4. The summed E-state index contributed by atoms with van der Waals surface area (Å²) >= 11 is 7.94. The van der Waals surface area contributed by atoms with Gasteiger partial charge in [-0.3, -0.25) is 43.8 Å². The quantitative estimate of drug-likeness (QED) is 0.0650. The van der Waals surface area contributed by atoms with Crippen LogP contribution in [-0.4, -0.2) is 151 Å². The van der Waals surface area contributed by atoms with Gasteiger partial charge in [0.2, 0.25) is 35.4 Å². The average Bonchev–Trinajstić information content (AvgIpc) is 4.09. The van der Waals surface area contributed by atoms with Crippen LogP contribution in [0.25, 0.3) is 20.8 Å². The van der Waals surface area contributed by atoms with Crippen molar-refractivity contribution in [1.82, 2.24) is 40.6 Å². The Balaban J connectivity index is 0.601. The molecule has 2 atom stereocenters. The summed E-state index contributed by atoms with van der Waals surface area (Å²) < 4.78 is 13.7. The summed E-state index contributed by atoms with van der Waals surface area (Å²) in [6.45, 7) is 6.91. The fourth-order valence-electron chi connectivity index (χ4n) is 12.6. The molecular formula is C60H69ClN10O9S. The predicted molar refractivity (Wildman–Crippen MR) is 307 cm³/mol. The van der Waals surface area contributed by atoms with Gasteiger partial charge in [-0.15, -0.1) is 11.3 Å². The van der Waals surface area contributed by atoms with Crippen LogP contribution in [-0.2, 0) is 33.6 Å². The van der Waals surface area contributed by atoms with Gasteiger partial charge in [-0.05, 0) is 111 Å². The van der Waals surface area contributed by atoms with Gasteiger partial charge in [-0.1, -0.05) is 35.9 Å². The van der Waals surface area contributed by atoms with E-state index in [0.29, 0.717) is 90.3 Å². The summed E-state index contributed by atoms with van der Waals surface area (Å²) in [4.78, 5) is 110. The van der Waals surface area contributed by atoms with Gasteiger partial charge in [0.05, 0.1) is 39.2 Å². The lowest BCUT2D eigenvalue weighted by atomic mass is 9.81. The zero-order valence-corrected chi connectivity index (χ0v) is 47.2. The largest absolute Gasteiger partial charge is 0.492 e. The van der Waals surface area contributed by atoms with Crippen LogP contribution in [0.4, 0.5) is 11.5 Å². The van der Waals surface area contributed by atoms with Gasteiger partial charge >= 0.3 is 0 Å². The Kier molecular flexibility index (Phi) is 16.9. The zero-order valence-electron chi connectivity index (χ0n) is 45.6. The van der Waals surface area contributed by atoms with Crippen molar-refractivity contribution in [2.75, 3.05) is 89.3 Å². The third-order valence-electron chi connectivity index (χ3n) is 17.3. The van der Waals surface area contributed by atoms with E-state index in [1.165, 1.54) is 11.3 Å². The van der Waals surface area contributed by atoms with E-state index in [2.05, 4.69) is 36.1 Å². The molecule has 2 aromatic heterocycles. The van der Waals surface area contributed by atoms with Crippen LogP contribution in [0, 0.1) is 17.8 Å². The van der Waals surface area contributed by atoms with Gasteiger partial charge in [0.25, 0.3) is 5.91 Å². The molecule has 1 saturated carbocycles. The summed E-state index contributed by atoms with van der Waals surface area (Å²) in [5.41, 5.74) is 2.24. The van der Waals surface area contributed by atoms with E-state index in [1.54, 1.807) is 36.3 Å². The first-order valence-corrected chi connectivity index (χ1v) is 29.8. The number of likely N-dealkylation sites (tertiary alicyclic amines) is 1. The average molecular weight is 1140 g/mol. The van der Waals surface area contributed by atoms with E-state index in [1.807, 2.05) is 59.5 Å². The number of halogens is 1. The maximum absolute atomic E-state index is 14.4. The van der Waals surface area contributed by atoms with Crippen molar-refractivity contribution in [3.63, 3.8) is 0 Å². The van der Waals surface area contributed by atoms with Gasteiger partial charge in [0.15, 0.2) is 5.60 Å². The van der Waals surface area contributed by atoms with Crippen molar-refractivity contribution in [3.05, 3.63) is 95.1 Å². The number of hydrogen-bond donors (Lipinski definition) is 4. The number of imide groups is 1. The second-order valence-electron chi connectivity index (χ2n) is 22.4. The second kappa shape index (κ2) is 24.5. The molecule has 426 valence electrons. The van der Waals surface area contributed by atoms with Gasteiger partial charge in [0, 0.05) is 115 Å². The Morgan fingerprint density at radius 1 is 0.790 bits per heavy atom. The summed E-state index contributed by atoms with van der Waals surface area (Å²) in [6.07, 6.45) is 7.82. The van der Waals surface area contributed by atoms with Crippen LogP contribution in [0.15, 0.2) is 79.0 Å². The maximum Gasteiger partial charge on any atom is 0.264 e. The SMILES string of the molecule is CNC(=O)C1(Oc2ccccc2-c2nc3cccc(Cl)c3s2)CCN(C(=O)[C@H]2CC(=O)Nc3ccc(OCCNC(=O)C4CCC(C(=O)N5CCN(CC6CCN(c7ccc(C8CCC(=O)NC8=O)cn7)CC6)CC5)CC4)cc32)CC1. The number of ether oxygens (including phenoxy) is 2. The molecule has 0 radical (unpaired) electrons. The number of para-hydroxylation sites is 1. The van der Waals surface area contributed by atoms with Crippen molar-refractivity contribution in [2.24, 2.45) is 17.8 Å². The van der Waals surface area contributed by atoms with Crippen LogP contribution in [0.2, 0.25) is 5.02 Å². The predicted octanol–water partition coefficient (Wildman–Crippen LogP) is 6.51. The molecule has 21 heteroatoms. The minimum atomic E-state index is -1.27.